The zero-order chi connectivity index (χ0) is 15.6. The lowest BCUT2D eigenvalue weighted by Crippen LogP contribution is -2.25. The lowest BCUT2D eigenvalue weighted by molar-refractivity contribution is 0.104. The van der Waals surface area contributed by atoms with Crippen molar-refractivity contribution >= 4 is 17.2 Å². The molecule has 3 N–H and O–H groups in total. The van der Waals surface area contributed by atoms with E-state index >= 15 is 0 Å². The van der Waals surface area contributed by atoms with Gasteiger partial charge in [-0.05, 0) is 47.2 Å². The maximum Gasteiger partial charge on any atom is 0.194 e. The van der Waals surface area contributed by atoms with Gasteiger partial charge in [-0.2, -0.15) is 0 Å². The van der Waals surface area contributed by atoms with Gasteiger partial charge in [0.15, 0.2) is 5.78 Å². The van der Waals surface area contributed by atoms with E-state index in [-0.39, 0.29) is 5.78 Å². The molecule has 2 atom stereocenters. The second-order valence-corrected chi connectivity index (χ2v) is 6.95. The summed E-state index contributed by atoms with van der Waals surface area (Å²) in [5, 5.41) is 3.47. The summed E-state index contributed by atoms with van der Waals surface area (Å²) in [4.78, 5) is 15.2. The van der Waals surface area contributed by atoms with Crippen LogP contribution >= 0.6 is 0 Å². The first-order chi connectivity index (χ1) is 11.2. The highest BCUT2D eigenvalue weighted by Crippen LogP contribution is 2.40. The van der Waals surface area contributed by atoms with Crippen LogP contribution in [0.4, 0.5) is 11.4 Å². The molecule has 0 spiro atoms. The van der Waals surface area contributed by atoms with Crippen molar-refractivity contribution in [3.63, 3.8) is 0 Å². The largest absolute Gasteiger partial charge is 0.399 e. The van der Waals surface area contributed by atoms with Gasteiger partial charge in [0.1, 0.15) is 0 Å². The van der Waals surface area contributed by atoms with Crippen molar-refractivity contribution in [3.8, 4) is 11.1 Å². The molecule has 2 fully saturated rings. The lowest BCUT2D eigenvalue weighted by atomic mass is 10.0. The van der Waals surface area contributed by atoms with E-state index in [1.54, 1.807) is 6.07 Å². The van der Waals surface area contributed by atoms with E-state index in [0.717, 1.165) is 60.3 Å². The van der Waals surface area contributed by atoms with Gasteiger partial charge in [-0.3, -0.25) is 4.79 Å². The molecule has 5 rings (SSSR count). The first kappa shape index (κ1) is 13.1. The summed E-state index contributed by atoms with van der Waals surface area (Å²) in [6.45, 7) is 4.42. The standard InChI is InChI=1S/C19H19N3O/c20-13-1-3-15-16-4-2-14(6-18(16)19(23)17(15)5-13)22-9-11-7-21-8-12(11)10-22/h1-6,11-12,21H,7-10,20H2. The van der Waals surface area contributed by atoms with Crippen molar-refractivity contribution in [2.45, 2.75) is 0 Å². The third kappa shape index (κ3) is 1.85. The van der Waals surface area contributed by atoms with Gasteiger partial charge in [0.2, 0.25) is 0 Å². The number of ketones is 1. The molecule has 3 aliphatic rings. The Kier molecular flexibility index (Phi) is 2.62. The van der Waals surface area contributed by atoms with E-state index in [1.165, 1.54) is 5.69 Å². The summed E-state index contributed by atoms with van der Waals surface area (Å²) in [5.41, 5.74) is 11.3. The van der Waals surface area contributed by atoms with Gasteiger partial charge >= 0.3 is 0 Å². The summed E-state index contributed by atoms with van der Waals surface area (Å²) in [7, 11) is 0. The van der Waals surface area contributed by atoms with Crippen LogP contribution in [0.25, 0.3) is 11.1 Å². The number of nitrogens with one attached hydrogen (secondary N) is 1. The minimum absolute atomic E-state index is 0.102. The smallest absolute Gasteiger partial charge is 0.194 e. The number of nitrogens with two attached hydrogens (primary N) is 1. The Hall–Kier alpha value is -2.33. The summed E-state index contributed by atoms with van der Waals surface area (Å²) in [6, 6.07) is 11.9. The van der Waals surface area contributed by atoms with Crippen LogP contribution in [-0.4, -0.2) is 32.0 Å². The SMILES string of the molecule is Nc1ccc2c(c1)C(=O)c1cc(N3CC4CNCC4C3)ccc1-2. The average molecular weight is 305 g/mol. The van der Waals surface area contributed by atoms with Gasteiger partial charge in [0, 0.05) is 48.7 Å². The Morgan fingerprint density at radius 2 is 1.57 bits per heavy atom. The molecule has 2 unspecified atom stereocenters. The molecule has 1 aliphatic carbocycles. The Labute approximate surface area is 135 Å². The molecule has 2 aromatic carbocycles. The second kappa shape index (κ2) is 4.59. The van der Waals surface area contributed by atoms with Crippen LogP contribution in [0, 0.1) is 11.8 Å². The molecule has 0 radical (unpaired) electrons. The van der Waals surface area contributed by atoms with Gasteiger partial charge in [-0.25, -0.2) is 0 Å². The number of anilines is 2. The fraction of sp³-hybridized carbons (Fsp3) is 0.316. The summed E-state index contributed by atoms with van der Waals surface area (Å²) >= 11 is 0. The minimum Gasteiger partial charge on any atom is -0.399 e. The number of rotatable bonds is 1. The summed E-state index contributed by atoms with van der Waals surface area (Å²) in [5.74, 6) is 1.59. The molecule has 23 heavy (non-hydrogen) atoms. The zero-order valence-electron chi connectivity index (χ0n) is 12.9. The third-order valence-electron chi connectivity index (χ3n) is 5.58. The first-order valence-electron chi connectivity index (χ1n) is 8.25. The number of nitrogens with zero attached hydrogens (tertiary/aromatic N) is 1. The fourth-order valence-corrected chi connectivity index (χ4v) is 4.35. The highest BCUT2D eigenvalue weighted by Gasteiger charge is 2.36. The highest BCUT2D eigenvalue weighted by atomic mass is 16.1. The summed E-state index contributed by atoms with van der Waals surface area (Å²) < 4.78 is 0. The van der Waals surface area contributed by atoms with Gasteiger partial charge < -0.3 is 16.0 Å². The fourth-order valence-electron chi connectivity index (χ4n) is 4.35. The van der Waals surface area contributed by atoms with Crippen molar-refractivity contribution in [2.75, 3.05) is 36.8 Å². The Balaban J connectivity index is 1.53. The number of carbonyl (C=O) groups is 1. The van der Waals surface area contributed by atoms with Crippen LogP contribution in [0.5, 0.6) is 0 Å². The zero-order valence-corrected chi connectivity index (χ0v) is 12.9. The normalized spacial score (nSPS) is 24.7. The molecule has 116 valence electrons. The van der Waals surface area contributed by atoms with E-state index < -0.39 is 0 Å². The molecule has 0 saturated carbocycles. The monoisotopic (exact) mass is 305 g/mol. The van der Waals surface area contributed by atoms with Gasteiger partial charge in [-0.15, -0.1) is 0 Å². The van der Waals surface area contributed by atoms with Crippen LogP contribution in [0.1, 0.15) is 15.9 Å². The Morgan fingerprint density at radius 3 is 2.30 bits per heavy atom. The minimum atomic E-state index is 0.102. The number of hydrogen-bond donors (Lipinski definition) is 2. The van der Waals surface area contributed by atoms with Crippen molar-refractivity contribution in [1.82, 2.24) is 5.32 Å². The quantitative estimate of drug-likeness (QED) is 0.676. The number of carbonyl (C=O) groups excluding carboxylic acids is 1. The van der Waals surface area contributed by atoms with Crippen molar-refractivity contribution in [1.29, 1.82) is 0 Å². The maximum absolute atomic E-state index is 12.7. The average Bonchev–Trinajstić information content (AvgIpc) is 3.21. The van der Waals surface area contributed by atoms with E-state index in [9.17, 15) is 4.79 Å². The Bertz CT molecular complexity index is 817. The van der Waals surface area contributed by atoms with Crippen LogP contribution in [0.3, 0.4) is 0 Å². The molecule has 0 aromatic heterocycles. The first-order valence-corrected chi connectivity index (χ1v) is 8.25. The predicted molar refractivity (Wildman–Crippen MR) is 91.8 cm³/mol. The number of hydrogen-bond acceptors (Lipinski definition) is 4. The van der Waals surface area contributed by atoms with Crippen molar-refractivity contribution < 1.29 is 4.79 Å². The van der Waals surface area contributed by atoms with Crippen molar-refractivity contribution in [2.24, 2.45) is 11.8 Å². The molecule has 4 nitrogen and oxygen atoms in total. The van der Waals surface area contributed by atoms with Gasteiger partial charge in [0.05, 0.1) is 0 Å². The second-order valence-electron chi connectivity index (χ2n) is 6.95. The topological polar surface area (TPSA) is 58.4 Å². The van der Waals surface area contributed by atoms with Crippen LogP contribution < -0.4 is 16.0 Å². The number of fused-ring (bicyclic) bond motifs is 4. The molecule has 2 aliphatic heterocycles. The highest BCUT2D eigenvalue weighted by molar-refractivity contribution is 6.22. The van der Waals surface area contributed by atoms with Crippen LogP contribution in [0.2, 0.25) is 0 Å². The molecular weight excluding hydrogens is 286 g/mol. The molecule has 4 heteroatoms. The van der Waals surface area contributed by atoms with E-state index in [0.29, 0.717) is 5.69 Å². The molecule has 2 aromatic rings. The predicted octanol–water partition coefficient (Wildman–Crippen LogP) is 2.14. The molecule has 2 heterocycles. The molecule has 0 amide bonds. The molecule has 0 bridgehead atoms. The molecular formula is C19H19N3O. The maximum atomic E-state index is 12.7. The third-order valence-corrected chi connectivity index (χ3v) is 5.58. The van der Waals surface area contributed by atoms with E-state index in [1.807, 2.05) is 12.1 Å². The van der Waals surface area contributed by atoms with E-state index in [4.69, 9.17) is 5.73 Å². The van der Waals surface area contributed by atoms with Gasteiger partial charge in [0.25, 0.3) is 0 Å². The summed E-state index contributed by atoms with van der Waals surface area (Å²) in [6.07, 6.45) is 0. The van der Waals surface area contributed by atoms with Crippen LogP contribution in [0.15, 0.2) is 36.4 Å². The van der Waals surface area contributed by atoms with Gasteiger partial charge in [-0.1, -0.05) is 12.1 Å². The molecule has 2 saturated heterocycles. The number of nitrogen functional groups attached to an aromatic ring is 1. The number of benzene rings is 2. The lowest BCUT2D eigenvalue weighted by Gasteiger charge is -2.20. The van der Waals surface area contributed by atoms with Crippen LogP contribution in [-0.2, 0) is 0 Å². The Morgan fingerprint density at radius 1 is 0.913 bits per heavy atom. The van der Waals surface area contributed by atoms with Crippen molar-refractivity contribution in [3.05, 3.63) is 47.5 Å². The van der Waals surface area contributed by atoms with E-state index in [2.05, 4.69) is 28.4 Å².